The number of hydrogen-bond acceptors (Lipinski definition) is 5. The summed E-state index contributed by atoms with van der Waals surface area (Å²) in [6.45, 7) is 6.92. The third kappa shape index (κ3) is 2.20. The first-order valence-corrected chi connectivity index (χ1v) is 6.57. The van der Waals surface area contributed by atoms with E-state index >= 15 is 0 Å². The van der Waals surface area contributed by atoms with E-state index in [-0.39, 0.29) is 0 Å². The number of nitriles is 1. The number of hydrogen-bond donors (Lipinski definition) is 1. The zero-order chi connectivity index (χ0) is 13.1. The van der Waals surface area contributed by atoms with Crippen molar-refractivity contribution in [1.82, 2.24) is 10.2 Å². The molecular formula is C13H14N4S. The predicted octanol–water partition coefficient (Wildman–Crippen LogP) is 3.13. The van der Waals surface area contributed by atoms with Crippen LogP contribution in [0.2, 0.25) is 0 Å². The van der Waals surface area contributed by atoms with Gasteiger partial charge >= 0.3 is 0 Å². The summed E-state index contributed by atoms with van der Waals surface area (Å²) in [4.78, 5) is 1.68. The number of nitrogens with one attached hydrogen (secondary N) is 1. The molecule has 0 saturated carbocycles. The van der Waals surface area contributed by atoms with E-state index in [0.29, 0.717) is 4.88 Å². The first-order valence-electron chi connectivity index (χ1n) is 5.75. The molecule has 2 heterocycles. The Bertz CT molecular complexity index is 610. The largest absolute Gasteiger partial charge is 0.369 e. The van der Waals surface area contributed by atoms with Crippen molar-refractivity contribution in [2.24, 2.45) is 0 Å². The molecule has 2 aromatic rings. The van der Waals surface area contributed by atoms with E-state index in [1.165, 1.54) is 11.3 Å². The molecule has 0 unspecified atom stereocenters. The number of rotatable bonds is 3. The second-order valence-corrected chi connectivity index (χ2v) is 5.04. The lowest BCUT2D eigenvalue weighted by molar-refractivity contribution is 0.989. The van der Waals surface area contributed by atoms with Crippen LogP contribution < -0.4 is 5.32 Å². The molecule has 0 aliphatic heterocycles. The Morgan fingerprint density at radius 2 is 2.06 bits per heavy atom. The number of thiophene rings is 1. The highest BCUT2D eigenvalue weighted by atomic mass is 32.1. The Morgan fingerprint density at radius 1 is 1.28 bits per heavy atom. The molecule has 5 heteroatoms. The minimum atomic E-state index is 0.694. The van der Waals surface area contributed by atoms with Gasteiger partial charge in [-0.25, -0.2) is 0 Å². The molecule has 0 aromatic carbocycles. The van der Waals surface area contributed by atoms with Crippen LogP contribution in [-0.4, -0.2) is 16.7 Å². The molecule has 0 saturated heterocycles. The van der Waals surface area contributed by atoms with E-state index in [4.69, 9.17) is 5.26 Å². The fourth-order valence-electron chi connectivity index (χ4n) is 1.70. The Balaban J connectivity index is 2.47. The van der Waals surface area contributed by atoms with Gasteiger partial charge in [0.25, 0.3) is 0 Å². The Hall–Kier alpha value is -1.93. The number of nitrogens with zero attached hydrogens (tertiary/aromatic N) is 3. The van der Waals surface area contributed by atoms with Crippen molar-refractivity contribution in [2.75, 3.05) is 11.9 Å². The fraction of sp³-hybridized carbons (Fsp3) is 0.308. The highest BCUT2D eigenvalue weighted by molar-refractivity contribution is 7.16. The zero-order valence-corrected chi connectivity index (χ0v) is 11.4. The van der Waals surface area contributed by atoms with E-state index in [1.807, 2.05) is 32.9 Å². The molecule has 92 valence electrons. The monoisotopic (exact) mass is 258 g/mol. The van der Waals surface area contributed by atoms with Crippen molar-refractivity contribution >= 4 is 17.2 Å². The Labute approximate surface area is 110 Å². The van der Waals surface area contributed by atoms with Crippen LogP contribution in [0.3, 0.4) is 0 Å². The van der Waals surface area contributed by atoms with Gasteiger partial charge in [-0.15, -0.1) is 21.5 Å². The molecule has 2 rings (SSSR count). The average Bonchev–Trinajstić information content (AvgIpc) is 2.84. The van der Waals surface area contributed by atoms with Crippen molar-refractivity contribution in [3.8, 4) is 16.6 Å². The molecule has 4 nitrogen and oxygen atoms in total. The van der Waals surface area contributed by atoms with Crippen molar-refractivity contribution in [3.63, 3.8) is 0 Å². The van der Waals surface area contributed by atoms with Crippen LogP contribution in [0, 0.1) is 25.2 Å². The minimum Gasteiger partial charge on any atom is -0.369 e. The van der Waals surface area contributed by atoms with Crippen LogP contribution in [0.4, 0.5) is 5.82 Å². The van der Waals surface area contributed by atoms with E-state index in [9.17, 15) is 0 Å². The van der Waals surface area contributed by atoms with Gasteiger partial charge in [0, 0.05) is 6.54 Å². The molecule has 18 heavy (non-hydrogen) atoms. The van der Waals surface area contributed by atoms with Crippen molar-refractivity contribution in [1.29, 1.82) is 5.26 Å². The van der Waals surface area contributed by atoms with E-state index in [1.54, 1.807) is 0 Å². The van der Waals surface area contributed by atoms with E-state index < -0.39 is 0 Å². The van der Waals surface area contributed by atoms with Gasteiger partial charge in [-0.05, 0) is 44.0 Å². The van der Waals surface area contributed by atoms with Crippen LogP contribution in [-0.2, 0) is 0 Å². The second kappa shape index (κ2) is 5.15. The standard InChI is InChI=1S/C13H14N4S/c1-4-15-13-9(3)8(2)12(16-17-13)11-6-5-10(7-14)18-11/h5-6H,4H2,1-3H3,(H,15,17). The van der Waals surface area contributed by atoms with Crippen molar-refractivity contribution in [2.45, 2.75) is 20.8 Å². The topological polar surface area (TPSA) is 61.6 Å². The normalized spacial score (nSPS) is 10.1. The smallest absolute Gasteiger partial charge is 0.151 e. The maximum Gasteiger partial charge on any atom is 0.151 e. The molecule has 0 amide bonds. The molecule has 0 bridgehead atoms. The first kappa shape index (κ1) is 12.5. The lowest BCUT2D eigenvalue weighted by atomic mass is 10.1. The van der Waals surface area contributed by atoms with Gasteiger partial charge in [0.05, 0.1) is 4.88 Å². The van der Waals surface area contributed by atoms with E-state index in [0.717, 1.165) is 34.1 Å². The molecule has 2 aromatic heterocycles. The minimum absolute atomic E-state index is 0.694. The van der Waals surface area contributed by atoms with Gasteiger partial charge in [0.15, 0.2) is 5.82 Å². The second-order valence-electron chi connectivity index (χ2n) is 3.95. The Morgan fingerprint density at radius 3 is 2.67 bits per heavy atom. The first-order chi connectivity index (χ1) is 8.67. The SMILES string of the molecule is CCNc1nnc(-c2ccc(C#N)s2)c(C)c1C. The van der Waals surface area contributed by atoms with Crippen LogP contribution in [0.25, 0.3) is 10.6 Å². The van der Waals surface area contributed by atoms with Crippen LogP contribution in [0.15, 0.2) is 12.1 Å². The average molecular weight is 258 g/mol. The molecule has 0 fully saturated rings. The highest BCUT2D eigenvalue weighted by Gasteiger charge is 2.12. The lowest BCUT2D eigenvalue weighted by Gasteiger charge is -2.10. The molecule has 0 radical (unpaired) electrons. The summed E-state index contributed by atoms with van der Waals surface area (Å²) >= 11 is 1.44. The molecule has 1 N–H and O–H groups in total. The predicted molar refractivity (Wildman–Crippen MR) is 73.7 cm³/mol. The van der Waals surface area contributed by atoms with Crippen LogP contribution in [0.1, 0.15) is 22.9 Å². The van der Waals surface area contributed by atoms with Crippen molar-refractivity contribution < 1.29 is 0 Å². The summed E-state index contributed by atoms with van der Waals surface area (Å²) in [5.74, 6) is 0.829. The van der Waals surface area contributed by atoms with Gasteiger partial charge in [-0.3, -0.25) is 0 Å². The summed E-state index contributed by atoms with van der Waals surface area (Å²) in [5.41, 5.74) is 3.07. The van der Waals surface area contributed by atoms with Gasteiger partial charge in [0.2, 0.25) is 0 Å². The fourth-order valence-corrected chi connectivity index (χ4v) is 2.55. The molecule has 0 atom stereocenters. The van der Waals surface area contributed by atoms with Gasteiger partial charge in [-0.1, -0.05) is 0 Å². The van der Waals surface area contributed by atoms with Crippen LogP contribution >= 0.6 is 11.3 Å². The summed E-state index contributed by atoms with van der Waals surface area (Å²) in [5, 5.41) is 20.5. The summed E-state index contributed by atoms with van der Waals surface area (Å²) < 4.78 is 0. The molecular weight excluding hydrogens is 244 g/mol. The third-order valence-electron chi connectivity index (χ3n) is 2.82. The summed E-state index contributed by atoms with van der Waals surface area (Å²) in [7, 11) is 0. The maximum absolute atomic E-state index is 8.85. The Kier molecular flexibility index (Phi) is 3.58. The third-order valence-corrected chi connectivity index (χ3v) is 3.81. The maximum atomic E-state index is 8.85. The zero-order valence-electron chi connectivity index (χ0n) is 10.6. The summed E-state index contributed by atoms with van der Waals surface area (Å²) in [6.07, 6.45) is 0. The molecule has 0 aliphatic carbocycles. The van der Waals surface area contributed by atoms with Gasteiger partial charge < -0.3 is 5.32 Å². The highest BCUT2D eigenvalue weighted by Crippen LogP contribution is 2.30. The van der Waals surface area contributed by atoms with Crippen LogP contribution in [0.5, 0.6) is 0 Å². The number of aromatic nitrogens is 2. The molecule has 0 aliphatic rings. The quantitative estimate of drug-likeness (QED) is 0.918. The summed E-state index contributed by atoms with van der Waals surface area (Å²) in [6, 6.07) is 5.88. The van der Waals surface area contributed by atoms with Gasteiger partial charge in [-0.2, -0.15) is 5.26 Å². The van der Waals surface area contributed by atoms with Gasteiger partial charge in [0.1, 0.15) is 16.6 Å². The number of anilines is 1. The van der Waals surface area contributed by atoms with E-state index in [2.05, 4.69) is 21.6 Å². The molecule has 0 spiro atoms. The van der Waals surface area contributed by atoms with Crippen molar-refractivity contribution in [3.05, 3.63) is 28.1 Å². The lowest BCUT2D eigenvalue weighted by Crippen LogP contribution is -2.05.